The molecule has 0 radical (unpaired) electrons. The molecule has 228 valence electrons. The molecule has 1 aliphatic carbocycles. The highest BCUT2D eigenvalue weighted by molar-refractivity contribution is 6.24. The molecule has 2 nitrogen and oxygen atoms in total. The predicted molar refractivity (Wildman–Crippen MR) is 201 cm³/mol. The maximum absolute atomic E-state index is 6.76. The number of aromatic nitrogens is 1. The van der Waals surface area contributed by atoms with E-state index in [1.165, 1.54) is 77.1 Å². The van der Waals surface area contributed by atoms with Crippen molar-refractivity contribution in [1.29, 1.82) is 0 Å². The Bertz CT molecular complexity index is 2760. The molecule has 1 aromatic heterocycles. The summed E-state index contributed by atoms with van der Waals surface area (Å²) in [4.78, 5) is 0. The van der Waals surface area contributed by atoms with Gasteiger partial charge in [0.2, 0.25) is 0 Å². The van der Waals surface area contributed by atoms with E-state index in [4.69, 9.17) is 4.74 Å². The standard InChI is InChI=1S/C47H29NO/c1-2-14-31(15-3-1)48-42-24-12-8-20-36(42)46-35-19-5-4-16-32(35)37(29-43(46)48)30-26-27-45-41(28-30)47(40-23-11-13-25-44(40)49-45)38-21-9-6-17-33(38)34-18-7-10-22-39(34)47/h1-29H. The second kappa shape index (κ2) is 9.82. The number of para-hydroxylation sites is 3. The van der Waals surface area contributed by atoms with Crippen LogP contribution in [0.3, 0.4) is 0 Å². The lowest BCUT2D eigenvalue weighted by Gasteiger charge is -2.39. The SMILES string of the molecule is c1ccc(-n2c3ccccc3c3c4ccccc4c(-c4ccc5c(c4)C4(c6ccccc6O5)c5ccccc5-c5ccccc54)cc32)cc1. The molecule has 0 unspecified atom stereocenters. The highest BCUT2D eigenvalue weighted by Gasteiger charge is 2.51. The molecule has 2 heteroatoms. The summed E-state index contributed by atoms with van der Waals surface area (Å²) in [7, 11) is 0. The van der Waals surface area contributed by atoms with E-state index in [1.807, 2.05) is 0 Å². The zero-order chi connectivity index (χ0) is 32.1. The van der Waals surface area contributed by atoms with Crippen LogP contribution in [0.2, 0.25) is 0 Å². The summed E-state index contributed by atoms with van der Waals surface area (Å²) < 4.78 is 9.18. The number of nitrogens with zero attached hydrogens (tertiary/aromatic N) is 1. The second-order valence-corrected chi connectivity index (χ2v) is 13.2. The van der Waals surface area contributed by atoms with Gasteiger partial charge in [0, 0.05) is 27.6 Å². The summed E-state index contributed by atoms with van der Waals surface area (Å²) in [5.41, 5.74) is 13.0. The zero-order valence-corrected chi connectivity index (χ0v) is 26.6. The molecular weight excluding hydrogens is 595 g/mol. The minimum Gasteiger partial charge on any atom is -0.457 e. The molecule has 1 spiro atoms. The van der Waals surface area contributed by atoms with Crippen molar-refractivity contribution >= 4 is 32.6 Å². The van der Waals surface area contributed by atoms with Crippen LogP contribution in [0.4, 0.5) is 0 Å². The lowest BCUT2D eigenvalue weighted by atomic mass is 9.65. The number of hydrogen-bond acceptors (Lipinski definition) is 1. The molecule has 11 rings (SSSR count). The summed E-state index contributed by atoms with van der Waals surface area (Å²) in [6, 6.07) is 64.1. The van der Waals surface area contributed by atoms with Gasteiger partial charge < -0.3 is 9.30 Å². The molecule has 1 aliphatic heterocycles. The van der Waals surface area contributed by atoms with Gasteiger partial charge in [0.1, 0.15) is 11.5 Å². The van der Waals surface area contributed by atoms with E-state index in [2.05, 4.69) is 180 Å². The van der Waals surface area contributed by atoms with Gasteiger partial charge in [-0.05, 0) is 86.6 Å². The van der Waals surface area contributed by atoms with Gasteiger partial charge in [-0.3, -0.25) is 0 Å². The molecule has 0 fully saturated rings. The Morgan fingerprint density at radius 3 is 1.76 bits per heavy atom. The molecule has 0 bridgehead atoms. The first-order valence-corrected chi connectivity index (χ1v) is 16.9. The zero-order valence-electron chi connectivity index (χ0n) is 26.6. The Kier molecular flexibility index (Phi) is 5.34. The fourth-order valence-electron chi connectivity index (χ4n) is 8.95. The Hall–Kier alpha value is -6.38. The van der Waals surface area contributed by atoms with Crippen molar-refractivity contribution in [2.24, 2.45) is 0 Å². The highest BCUT2D eigenvalue weighted by Crippen LogP contribution is 2.62. The van der Waals surface area contributed by atoms with E-state index < -0.39 is 5.41 Å². The molecule has 0 atom stereocenters. The van der Waals surface area contributed by atoms with Gasteiger partial charge in [0.25, 0.3) is 0 Å². The monoisotopic (exact) mass is 623 g/mol. The van der Waals surface area contributed by atoms with E-state index in [9.17, 15) is 0 Å². The van der Waals surface area contributed by atoms with Crippen LogP contribution in [-0.4, -0.2) is 4.57 Å². The molecule has 8 aromatic carbocycles. The second-order valence-electron chi connectivity index (χ2n) is 13.2. The molecule has 2 heterocycles. The molecule has 0 amide bonds. The summed E-state index contributed by atoms with van der Waals surface area (Å²) in [6.07, 6.45) is 0. The number of rotatable bonds is 2. The number of hydrogen-bond donors (Lipinski definition) is 0. The van der Waals surface area contributed by atoms with Crippen LogP contribution in [0, 0.1) is 0 Å². The largest absolute Gasteiger partial charge is 0.457 e. The van der Waals surface area contributed by atoms with Gasteiger partial charge in [0.15, 0.2) is 0 Å². The van der Waals surface area contributed by atoms with Crippen LogP contribution in [0.5, 0.6) is 11.5 Å². The van der Waals surface area contributed by atoms with Gasteiger partial charge in [0.05, 0.1) is 16.4 Å². The Balaban J connectivity index is 1.26. The number of fused-ring (bicyclic) bond motifs is 14. The smallest absolute Gasteiger partial charge is 0.132 e. The van der Waals surface area contributed by atoms with Gasteiger partial charge in [-0.2, -0.15) is 0 Å². The highest BCUT2D eigenvalue weighted by atomic mass is 16.5. The lowest BCUT2D eigenvalue weighted by molar-refractivity contribution is 0.436. The minimum absolute atomic E-state index is 0.508. The van der Waals surface area contributed by atoms with Gasteiger partial charge in [-0.25, -0.2) is 0 Å². The number of ether oxygens (including phenoxy) is 1. The van der Waals surface area contributed by atoms with Gasteiger partial charge in [-0.1, -0.05) is 133 Å². The fourth-order valence-corrected chi connectivity index (χ4v) is 8.95. The normalized spacial score (nSPS) is 13.6. The Morgan fingerprint density at radius 2 is 0.980 bits per heavy atom. The van der Waals surface area contributed by atoms with Crippen LogP contribution in [0.1, 0.15) is 22.3 Å². The van der Waals surface area contributed by atoms with E-state index in [0.717, 1.165) is 17.2 Å². The molecule has 0 N–H and O–H groups in total. The first-order chi connectivity index (χ1) is 24.3. The summed E-state index contributed by atoms with van der Waals surface area (Å²) in [5, 5.41) is 5.04. The number of benzene rings is 8. The van der Waals surface area contributed by atoms with Crippen molar-refractivity contribution in [3.8, 4) is 39.4 Å². The van der Waals surface area contributed by atoms with E-state index in [0.29, 0.717) is 0 Å². The third-order valence-electron chi connectivity index (χ3n) is 10.9. The van der Waals surface area contributed by atoms with E-state index in [-0.39, 0.29) is 0 Å². The molecular formula is C47H29NO. The first-order valence-electron chi connectivity index (χ1n) is 16.9. The van der Waals surface area contributed by atoms with Crippen molar-refractivity contribution in [2.75, 3.05) is 0 Å². The van der Waals surface area contributed by atoms with Crippen molar-refractivity contribution in [1.82, 2.24) is 4.57 Å². The predicted octanol–water partition coefficient (Wildman–Crippen LogP) is 12.1. The quantitative estimate of drug-likeness (QED) is 0.187. The minimum atomic E-state index is -0.508. The maximum atomic E-state index is 6.76. The molecule has 0 saturated carbocycles. The summed E-state index contributed by atoms with van der Waals surface area (Å²) in [6.45, 7) is 0. The van der Waals surface area contributed by atoms with Crippen LogP contribution < -0.4 is 4.74 Å². The van der Waals surface area contributed by atoms with Crippen LogP contribution in [0.25, 0.3) is 60.5 Å². The molecule has 2 aliphatic rings. The third-order valence-corrected chi connectivity index (χ3v) is 10.9. The van der Waals surface area contributed by atoms with Gasteiger partial charge >= 0.3 is 0 Å². The van der Waals surface area contributed by atoms with Crippen LogP contribution in [0.15, 0.2) is 176 Å². The van der Waals surface area contributed by atoms with Crippen molar-refractivity contribution in [3.05, 3.63) is 198 Å². The third kappa shape index (κ3) is 3.45. The Labute approximate surface area is 284 Å². The molecule has 0 saturated heterocycles. The van der Waals surface area contributed by atoms with E-state index in [1.54, 1.807) is 0 Å². The van der Waals surface area contributed by atoms with Gasteiger partial charge in [-0.15, -0.1) is 0 Å². The van der Waals surface area contributed by atoms with Crippen molar-refractivity contribution in [2.45, 2.75) is 5.41 Å². The summed E-state index contributed by atoms with van der Waals surface area (Å²) >= 11 is 0. The Morgan fingerprint density at radius 1 is 0.388 bits per heavy atom. The topological polar surface area (TPSA) is 14.2 Å². The molecule has 49 heavy (non-hydrogen) atoms. The average molecular weight is 624 g/mol. The first kappa shape index (κ1) is 26.7. The van der Waals surface area contributed by atoms with Crippen molar-refractivity contribution < 1.29 is 4.74 Å². The average Bonchev–Trinajstić information content (AvgIpc) is 3.66. The molecule has 9 aromatic rings. The maximum Gasteiger partial charge on any atom is 0.132 e. The van der Waals surface area contributed by atoms with E-state index >= 15 is 0 Å². The van der Waals surface area contributed by atoms with Crippen molar-refractivity contribution in [3.63, 3.8) is 0 Å². The fraction of sp³-hybridized carbons (Fsp3) is 0.0213. The summed E-state index contributed by atoms with van der Waals surface area (Å²) in [5.74, 6) is 1.81. The lowest BCUT2D eigenvalue weighted by Crippen LogP contribution is -2.32. The van der Waals surface area contributed by atoms with Crippen LogP contribution >= 0.6 is 0 Å². The van der Waals surface area contributed by atoms with Crippen LogP contribution in [-0.2, 0) is 5.41 Å².